The van der Waals surface area contributed by atoms with Gasteiger partial charge in [0.1, 0.15) is 17.9 Å². The van der Waals surface area contributed by atoms with Crippen molar-refractivity contribution < 1.29 is 9.32 Å². The predicted octanol–water partition coefficient (Wildman–Crippen LogP) is 3.38. The van der Waals surface area contributed by atoms with Gasteiger partial charge in [-0.15, -0.1) is 10.2 Å². The van der Waals surface area contributed by atoms with E-state index in [4.69, 9.17) is 16.1 Å². The maximum atomic E-state index is 12.6. The largest absolute Gasteiger partial charge is 0.360 e. The maximum absolute atomic E-state index is 12.6. The van der Waals surface area contributed by atoms with Crippen LogP contribution >= 0.6 is 11.6 Å². The number of nitrogens with zero attached hydrogens (tertiary/aromatic N) is 5. The zero-order valence-corrected chi connectivity index (χ0v) is 17.0. The van der Waals surface area contributed by atoms with Crippen LogP contribution < -0.4 is 0 Å². The van der Waals surface area contributed by atoms with Crippen molar-refractivity contribution in [3.8, 4) is 0 Å². The van der Waals surface area contributed by atoms with Gasteiger partial charge in [0.15, 0.2) is 5.15 Å². The molecule has 1 unspecified atom stereocenters. The third kappa shape index (κ3) is 5.23. The van der Waals surface area contributed by atoms with Gasteiger partial charge in [-0.1, -0.05) is 47.1 Å². The van der Waals surface area contributed by atoms with E-state index in [0.717, 1.165) is 44.7 Å². The van der Waals surface area contributed by atoms with Crippen LogP contribution in [-0.4, -0.2) is 43.8 Å². The minimum absolute atomic E-state index is 0.146. The van der Waals surface area contributed by atoms with E-state index in [1.165, 1.54) is 5.56 Å². The Morgan fingerprint density at radius 2 is 2.14 bits per heavy atom. The quantitative estimate of drug-likeness (QED) is 0.593. The Morgan fingerprint density at radius 1 is 1.28 bits per heavy atom. The highest BCUT2D eigenvalue weighted by Crippen LogP contribution is 2.22. The molecule has 0 saturated carbocycles. The molecular weight excluding hydrogens is 390 g/mol. The van der Waals surface area contributed by atoms with Gasteiger partial charge in [0.25, 0.3) is 0 Å². The lowest BCUT2D eigenvalue weighted by Gasteiger charge is -2.32. The minimum Gasteiger partial charge on any atom is -0.360 e. The summed E-state index contributed by atoms with van der Waals surface area (Å²) in [6.45, 7) is 2.33. The Balaban J connectivity index is 1.32. The molecule has 3 heterocycles. The van der Waals surface area contributed by atoms with Gasteiger partial charge in [0.2, 0.25) is 5.91 Å². The summed E-state index contributed by atoms with van der Waals surface area (Å²) in [6, 6.07) is 12.0. The molecule has 8 heteroatoms. The Hall–Kier alpha value is -2.67. The average Bonchev–Trinajstić information content (AvgIpc) is 3.36. The number of carbonyl (C=O) groups is 1. The monoisotopic (exact) mass is 413 g/mol. The topological polar surface area (TPSA) is 77.1 Å². The summed E-state index contributed by atoms with van der Waals surface area (Å²) in [4.78, 5) is 14.6. The molecule has 0 N–H and O–H groups in total. The molecule has 1 atom stereocenters. The fraction of sp³-hybridized carbons (Fsp3) is 0.429. The fourth-order valence-corrected chi connectivity index (χ4v) is 4.02. The summed E-state index contributed by atoms with van der Waals surface area (Å²) < 4.78 is 7.19. The van der Waals surface area contributed by atoms with Gasteiger partial charge in [0.05, 0.1) is 6.54 Å². The average molecular weight is 414 g/mol. The highest BCUT2D eigenvalue weighted by atomic mass is 35.5. The Bertz CT molecular complexity index is 939. The van der Waals surface area contributed by atoms with E-state index in [2.05, 4.69) is 32.1 Å². The lowest BCUT2D eigenvalue weighted by molar-refractivity contribution is -0.133. The molecule has 1 aliphatic heterocycles. The van der Waals surface area contributed by atoms with Crippen LogP contribution in [0.3, 0.4) is 0 Å². The van der Waals surface area contributed by atoms with Crippen molar-refractivity contribution in [3.05, 3.63) is 65.0 Å². The minimum atomic E-state index is 0.146. The molecule has 1 amide bonds. The third-order valence-corrected chi connectivity index (χ3v) is 5.53. The number of amides is 1. The number of piperidine rings is 1. The fourth-order valence-electron chi connectivity index (χ4n) is 3.86. The second-order valence-electron chi connectivity index (χ2n) is 7.53. The molecule has 0 spiro atoms. The van der Waals surface area contributed by atoms with E-state index in [1.54, 1.807) is 12.4 Å². The number of hydrogen-bond donors (Lipinski definition) is 0. The zero-order chi connectivity index (χ0) is 20.1. The first-order valence-corrected chi connectivity index (χ1v) is 10.3. The Labute approximate surface area is 174 Å². The molecule has 7 nitrogen and oxygen atoms in total. The number of rotatable bonds is 7. The molecule has 4 rings (SSSR count). The number of aryl methyl sites for hydroxylation is 1. The molecule has 1 aromatic carbocycles. The van der Waals surface area contributed by atoms with Crippen molar-refractivity contribution in [3.63, 3.8) is 0 Å². The van der Waals surface area contributed by atoms with E-state index >= 15 is 0 Å². The smallest absolute Gasteiger partial charge is 0.223 e. The molecule has 0 aliphatic carbocycles. The number of likely N-dealkylation sites (tertiary alicyclic amines) is 1. The molecule has 1 aliphatic rings. The van der Waals surface area contributed by atoms with Gasteiger partial charge in [-0.2, -0.15) is 0 Å². The van der Waals surface area contributed by atoms with Crippen molar-refractivity contribution in [2.24, 2.45) is 5.92 Å². The van der Waals surface area contributed by atoms with Gasteiger partial charge in [-0.05, 0) is 24.3 Å². The van der Waals surface area contributed by atoms with Crippen LogP contribution in [0.4, 0.5) is 0 Å². The maximum Gasteiger partial charge on any atom is 0.223 e. The van der Waals surface area contributed by atoms with Gasteiger partial charge in [-0.25, -0.2) is 0 Å². The van der Waals surface area contributed by atoms with Crippen LogP contribution in [0.2, 0.25) is 5.15 Å². The summed E-state index contributed by atoms with van der Waals surface area (Å²) in [5.74, 6) is 2.16. The van der Waals surface area contributed by atoms with Crippen molar-refractivity contribution in [1.29, 1.82) is 0 Å². The summed E-state index contributed by atoms with van der Waals surface area (Å²) in [6.07, 6.45) is 5.65. The molecule has 1 saturated heterocycles. The highest BCUT2D eigenvalue weighted by molar-refractivity contribution is 6.29. The highest BCUT2D eigenvalue weighted by Gasteiger charge is 2.25. The lowest BCUT2D eigenvalue weighted by atomic mass is 9.94. The van der Waals surface area contributed by atoms with Gasteiger partial charge in [0, 0.05) is 38.4 Å². The standard InChI is InChI=1S/C21H24ClN5O2/c22-19-12-18(29-25-19)8-9-21(28)26-10-4-7-17(14-26)11-20-24-23-15-27(20)13-16-5-2-1-3-6-16/h1-3,5-6,12,15,17H,4,7-11,13-14H2. The lowest BCUT2D eigenvalue weighted by Crippen LogP contribution is -2.40. The molecule has 3 aromatic rings. The van der Waals surface area contributed by atoms with Crippen LogP contribution in [0.25, 0.3) is 0 Å². The van der Waals surface area contributed by atoms with E-state index < -0.39 is 0 Å². The number of carbonyl (C=O) groups excluding carboxylic acids is 1. The molecule has 0 bridgehead atoms. The van der Waals surface area contributed by atoms with E-state index in [9.17, 15) is 4.79 Å². The van der Waals surface area contributed by atoms with Crippen LogP contribution in [-0.2, 0) is 24.2 Å². The summed E-state index contributed by atoms with van der Waals surface area (Å²) >= 11 is 5.76. The second kappa shape index (κ2) is 9.22. The number of benzene rings is 1. The Morgan fingerprint density at radius 3 is 2.93 bits per heavy atom. The zero-order valence-electron chi connectivity index (χ0n) is 16.2. The van der Waals surface area contributed by atoms with E-state index in [1.807, 2.05) is 23.1 Å². The molecule has 29 heavy (non-hydrogen) atoms. The van der Waals surface area contributed by atoms with Crippen molar-refractivity contribution >= 4 is 17.5 Å². The Kier molecular flexibility index (Phi) is 6.24. The van der Waals surface area contributed by atoms with Gasteiger partial charge in [-0.3, -0.25) is 4.79 Å². The van der Waals surface area contributed by atoms with E-state index in [-0.39, 0.29) is 5.91 Å². The first kappa shape index (κ1) is 19.6. The van der Waals surface area contributed by atoms with Crippen LogP contribution in [0.1, 0.15) is 36.4 Å². The SMILES string of the molecule is O=C(CCc1cc(Cl)no1)N1CCCC(Cc2nncn2Cc2ccccc2)C1. The van der Waals surface area contributed by atoms with Crippen molar-refractivity contribution in [1.82, 2.24) is 24.8 Å². The molecule has 2 aromatic heterocycles. The number of aromatic nitrogens is 4. The van der Waals surface area contributed by atoms with Crippen molar-refractivity contribution in [2.45, 2.75) is 38.6 Å². The molecule has 1 fully saturated rings. The van der Waals surface area contributed by atoms with Crippen molar-refractivity contribution in [2.75, 3.05) is 13.1 Å². The molecule has 152 valence electrons. The van der Waals surface area contributed by atoms with Crippen LogP contribution in [0.15, 0.2) is 47.2 Å². The van der Waals surface area contributed by atoms with Gasteiger partial charge < -0.3 is 14.0 Å². The predicted molar refractivity (Wildman–Crippen MR) is 108 cm³/mol. The molecule has 0 radical (unpaired) electrons. The first-order chi connectivity index (χ1) is 14.2. The van der Waals surface area contributed by atoms with Gasteiger partial charge >= 0.3 is 0 Å². The summed E-state index contributed by atoms with van der Waals surface area (Å²) in [7, 11) is 0. The number of halogens is 1. The normalized spacial score (nSPS) is 16.9. The van der Waals surface area contributed by atoms with Crippen LogP contribution in [0, 0.1) is 5.92 Å². The van der Waals surface area contributed by atoms with E-state index in [0.29, 0.717) is 29.7 Å². The molecular formula is C21H24ClN5O2. The summed E-state index contributed by atoms with van der Waals surface area (Å²) in [5.41, 5.74) is 1.22. The third-order valence-electron chi connectivity index (χ3n) is 5.35. The van der Waals surface area contributed by atoms with Crippen LogP contribution in [0.5, 0.6) is 0 Å². The number of hydrogen-bond acceptors (Lipinski definition) is 5. The first-order valence-electron chi connectivity index (χ1n) is 9.97. The second-order valence-corrected chi connectivity index (χ2v) is 7.92. The summed E-state index contributed by atoms with van der Waals surface area (Å²) in [5, 5.41) is 12.4.